The van der Waals surface area contributed by atoms with E-state index in [2.05, 4.69) is 5.32 Å². The smallest absolute Gasteiger partial charge is 0.244 e. The van der Waals surface area contributed by atoms with Crippen molar-refractivity contribution in [1.29, 1.82) is 0 Å². The van der Waals surface area contributed by atoms with Gasteiger partial charge in [-0.15, -0.1) is 0 Å². The Hall–Kier alpha value is -2.87. The lowest BCUT2D eigenvalue weighted by molar-refractivity contribution is -0.138. The summed E-state index contributed by atoms with van der Waals surface area (Å²) in [5.74, 6) is -0.659. The van der Waals surface area contributed by atoms with Crippen LogP contribution in [0.2, 0.25) is 0 Å². The Kier molecular flexibility index (Phi) is 10.1. The van der Waals surface area contributed by atoms with Crippen molar-refractivity contribution in [3.8, 4) is 0 Å². The normalized spacial score (nSPS) is 12.1. The van der Waals surface area contributed by atoms with Gasteiger partial charge in [-0.2, -0.15) is 0 Å². The van der Waals surface area contributed by atoms with E-state index in [4.69, 9.17) is 0 Å². The molecule has 0 saturated carbocycles. The Morgan fingerprint density at radius 2 is 1.71 bits per heavy atom. The minimum absolute atomic E-state index is 0.243. The number of sulfonamides is 1. The molecule has 0 aliphatic heterocycles. The maximum Gasteiger partial charge on any atom is 0.244 e. The number of nitrogens with one attached hydrogen (secondary N) is 1. The number of hydrogen-bond donors (Lipinski definition) is 1. The largest absolute Gasteiger partial charge is 0.354 e. The predicted octanol–water partition coefficient (Wildman–Crippen LogP) is 3.45. The molecular formula is C26H37N3O4S. The van der Waals surface area contributed by atoms with Gasteiger partial charge in [-0.25, -0.2) is 8.42 Å². The van der Waals surface area contributed by atoms with Crippen LogP contribution in [0.5, 0.6) is 0 Å². The first-order valence-electron chi connectivity index (χ1n) is 11.7. The molecule has 2 aromatic carbocycles. The quantitative estimate of drug-likeness (QED) is 0.465. The second-order valence-electron chi connectivity index (χ2n) is 8.63. The highest BCUT2D eigenvalue weighted by Crippen LogP contribution is 2.25. The molecule has 2 rings (SSSR count). The number of carbonyl (C=O) groups excluding carboxylic acids is 2. The first-order chi connectivity index (χ1) is 16.1. The molecule has 2 amide bonds. The standard InChI is InChI=1S/C26H37N3O4S/c1-6-7-17-27-26(31)22(4)28(18-16-23-13-9-8-10-14-23)25(30)19-29(34(5,32)33)24-15-11-12-20(2)21(24)3/h8-15,22H,6-7,16-19H2,1-5H3,(H,27,31)/t22-/m1/s1. The molecule has 34 heavy (non-hydrogen) atoms. The fourth-order valence-electron chi connectivity index (χ4n) is 3.71. The number of amides is 2. The van der Waals surface area contributed by atoms with Crippen LogP contribution in [0.15, 0.2) is 48.5 Å². The van der Waals surface area contributed by atoms with Gasteiger partial charge in [0.25, 0.3) is 0 Å². The minimum atomic E-state index is -3.73. The SMILES string of the molecule is CCCCNC(=O)[C@@H](C)N(CCc1ccccc1)C(=O)CN(c1cccc(C)c1C)S(C)(=O)=O. The molecule has 8 heteroatoms. The molecule has 2 aromatic rings. The average Bonchev–Trinajstić information content (AvgIpc) is 2.79. The van der Waals surface area contributed by atoms with Crippen LogP contribution in [0, 0.1) is 13.8 Å². The van der Waals surface area contributed by atoms with Crippen LogP contribution < -0.4 is 9.62 Å². The molecule has 0 radical (unpaired) electrons. The zero-order valence-electron chi connectivity index (χ0n) is 20.9. The maximum atomic E-state index is 13.5. The number of benzene rings is 2. The molecule has 186 valence electrons. The van der Waals surface area contributed by atoms with Crippen LogP contribution in [0.1, 0.15) is 43.4 Å². The second-order valence-corrected chi connectivity index (χ2v) is 10.5. The number of anilines is 1. The highest BCUT2D eigenvalue weighted by atomic mass is 32.2. The molecule has 0 saturated heterocycles. The summed E-state index contributed by atoms with van der Waals surface area (Å²) in [7, 11) is -3.73. The van der Waals surface area contributed by atoms with E-state index in [9.17, 15) is 18.0 Å². The van der Waals surface area contributed by atoms with Crippen LogP contribution in [0.4, 0.5) is 5.69 Å². The molecule has 0 heterocycles. The fraction of sp³-hybridized carbons (Fsp3) is 0.462. The predicted molar refractivity (Wildman–Crippen MR) is 137 cm³/mol. The van der Waals surface area contributed by atoms with Crippen molar-refractivity contribution >= 4 is 27.5 Å². The van der Waals surface area contributed by atoms with Crippen molar-refractivity contribution in [3.63, 3.8) is 0 Å². The van der Waals surface area contributed by atoms with Gasteiger partial charge >= 0.3 is 0 Å². The van der Waals surface area contributed by atoms with E-state index in [1.807, 2.05) is 57.2 Å². The molecule has 7 nitrogen and oxygen atoms in total. The first-order valence-corrected chi connectivity index (χ1v) is 13.6. The summed E-state index contributed by atoms with van der Waals surface area (Å²) in [6, 6.07) is 14.3. The molecule has 0 unspecified atom stereocenters. The molecule has 1 N–H and O–H groups in total. The fourth-order valence-corrected chi connectivity index (χ4v) is 4.61. The van der Waals surface area contributed by atoms with Gasteiger partial charge in [0.15, 0.2) is 0 Å². The molecule has 1 atom stereocenters. The maximum absolute atomic E-state index is 13.5. The van der Waals surface area contributed by atoms with E-state index in [1.54, 1.807) is 19.1 Å². The van der Waals surface area contributed by atoms with Crippen molar-refractivity contribution in [2.24, 2.45) is 0 Å². The number of hydrogen-bond acceptors (Lipinski definition) is 4. The third kappa shape index (κ3) is 7.58. The van der Waals surface area contributed by atoms with Gasteiger partial charge in [0.2, 0.25) is 21.8 Å². The molecule has 0 aliphatic rings. The van der Waals surface area contributed by atoms with Crippen LogP contribution in [0.3, 0.4) is 0 Å². The van der Waals surface area contributed by atoms with Gasteiger partial charge in [-0.1, -0.05) is 55.8 Å². The third-order valence-electron chi connectivity index (χ3n) is 6.00. The van der Waals surface area contributed by atoms with E-state index in [1.165, 1.54) is 4.90 Å². The Balaban J connectivity index is 2.31. The number of rotatable bonds is 12. The third-order valence-corrected chi connectivity index (χ3v) is 7.13. The van der Waals surface area contributed by atoms with Crippen molar-refractivity contribution in [3.05, 3.63) is 65.2 Å². The van der Waals surface area contributed by atoms with E-state index in [0.717, 1.165) is 40.1 Å². The van der Waals surface area contributed by atoms with Gasteiger partial charge < -0.3 is 10.2 Å². The van der Waals surface area contributed by atoms with Gasteiger partial charge in [-0.3, -0.25) is 13.9 Å². The number of carbonyl (C=O) groups is 2. The van der Waals surface area contributed by atoms with Gasteiger partial charge in [0.05, 0.1) is 11.9 Å². The summed E-state index contributed by atoms with van der Waals surface area (Å²) >= 11 is 0. The summed E-state index contributed by atoms with van der Waals surface area (Å²) in [5, 5.41) is 2.88. The first kappa shape index (κ1) is 27.4. The molecule has 0 fully saturated rings. The van der Waals surface area contributed by atoms with Crippen LogP contribution in [-0.2, 0) is 26.0 Å². The zero-order valence-corrected chi connectivity index (χ0v) is 21.7. The molecule has 0 aromatic heterocycles. The minimum Gasteiger partial charge on any atom is -0.354 e. The van der Waals surface area contributed by atoms with Crippen LogP contribution in [-0.4, -0.2) is 57.1 Å². The molecule has 0 bridgehead atoms. The highest BCUT2D eigenvalue weighted by molar-refractivity contribution is 7.92. The summed E-state index contributed by atoms with van der Waals surface area (Å²) in [6.07, 6.45) is 3.45. The van der Waals surface area contributed by atoms with Gasteiger partial charge in [0.1, 0.15) is 12.6 Å². The van der Waals surface area contributed by atoms with E-state index >= 15 is 0 Å². The van der Waals surface area contributed by atoms with Crippen molar-refractivity contribution in [2.45, 2.75) is 53.0 Å². The van der Waals surface area contributed by atoms with Crippen molar-refractivity contribution < 1.29 is 18.0 Å². The molecule has 0 spiro atoms. The Labute approximate surface area is 204 Å². The number of unbranched alkanes of at least 4 members (excludes halogenated alkanes) is 1. The number of nitrogens with zero attached hydrogens (tertiary/aromatic N) is 2. The van der Waals surface area contributed by atoms with E-state index < -0.39 is 22.0 Å². The van der Waals surface area contributed by atoms with Crippen LogP contribution >= 0.6 is 0 Å². The van der Waals surface area contributed by atoms with Crippen molar-refractivity contribution in [2.75, 3.05) is 30.2 Å². The monoisotopic (exact) mass is 487 g/mol. The summed E-state index contributed by atoms with van der Waals surface area (Å²) in [6.45, 7) is 7.93. The molecular weight excluding hydrogens is 450 g/mol. The lowest BCUT2D eigenvalue weighted by atomic mass is 10.1. The lowest BCUT2D eigenvalue weighted by Gasteiger charge is -2.32. The zero-order chi connectivity index (χ0) is 25.3. The Morgan fingerprint density at radius 3 is 2.32 bits per heavy atom. The average molecular weight is 488 g/mol. The summed E-state index contributed by atoms with van der Waals surface area (Å²) < 4.78 is 26.5. The highest BCUT2D eigenvalue weighted by Gasteiger charge is 2.30. The second kappa shape index (κ2) is 12.6. The summed E-state index contributed by atoms with van der Waals surface area (Å²) in [5.41, 5.74) is 3.23. The van der Waals surface area contributed by atoms with E-state index in [-0.39, 0.29) is 12.5 Å². The van der Waals surface area contributed by atoms with E-state index in [0.29, 0.717) is 25.2 Å². The van der Waals surface area contributed by atoms with Crippen molar-refractivity contribution in [1.82, 2.24) is 10.2 Å². The Bertz CT molecular complexity index is 1070. The molecule has 0 aliphatic carbocycles. The Morgan fingerprint density at radius 1 is 1.03 bits per heavy atom. The summed E-state index contributed by atoms with van der Waals surface area (Å²) in [4.78, 5) is 27.8. The topological polar surface area (TPSA) is 86.8 Å². The van der Waals surface area contributed by atoms with Gasteiger partial charge in [0, 0.05) is 13.1 Å². The lowest BCUT2D eigenvalue weighted by Crippen LogP contribution is -2.52. The van der Waals surface area contributed by atoms with Crippen LogP contribution in [0.25, 0.3) is 0 Å². The van der Waals surface area contributed by atoms with Gasteiger partial charge in [-0.05, 0) is 56.4 Å². The number of aryl methyl sites for hydroxylation is 1.